The molecule has 0 saturated heterocycles. The van der Waals surface area contributed by atoms with Crippen LogP contribution in [0.15, 0.2) is 36.4 Å². The fourth-order valence-electron chi connectivity index (χ4n) is 2.13. The number of nitrogens with zero attached hydrogens (tertiary/aromatic N) is 1. The van der Waals surface area contributed by atoms with Gasteiger partial charge in [0, 0.05) is 0 Å². The highest BCUT2D eigenvalue weighted by molar-refractivity contribution is 7.22. The van der Waals surface area contributed by atoms with Crippen LogP contribution in [0.1, 0.15) is 11.1 Å². The van der Waals surface area contributed by atoms with Crippen LogP contribution in [0.25, 0.3) is 10.2 Å². The number of aromatic nitrogens is 1. The first-order valence-corrected chi connectivity index (χ1v) is 7.89. The molecule has 0 atom stereocenters. The summed E-state index contributed by atoms with van der Waals surface area (Å²) in [6.07, 6.45) is 0. The molecule has 2 aromatic carbocycles. The molecule has 1 N–H and O–H groups in total. The molecule has 1 amide bonds. The van der Waals surface area contributed by atoms with Gasteiger partial charge in [0.2, 0.25) is 0 Å². The standard InChI is InChI=1S/C17H15FN2O2S/c1-10-6-7-11(2)13(8-10)22-9-15(21)19-17-20-16-12(18)4-3-5-14(16)23-17/h3-8H,9H2,1-2H3,(H,19,20,21). The summed E-state index contributed by atoms with van der Waals surface area (Å²) in [5.74, 6) is -0.0493. The van der Waals surface area contributed by atoms with E-state index in [2.05, 4.69) is 10.3 Å². The van der Waals surface area contributed by atoms with Crippen LogP contribution < -0.4 is 10.1 Å². The van der Waals surface area contributed by atoms with E-state index in [9.17, 15) is 9.18 Å². The molecule has 23 heavy (non-hydrogen) atoms. The Hall–Kier alpha value is -2.47. The Bertz CT molecular complexity index is 876. The number of fused-ring (bicyclic) bond motifs is 1. The maximum Gasteiger partial charge on any atom is 0.264 e. The first-order valence-electron chi connectivity index (χ1n) is 7.08. The van der Waals surface area contributed by atoms with Gasteiger partial charge in [-0.3, -0.25) is 10.1 Å². The molecule has 6 heteroatoms. The summed E-state index contributed by atoms with van der Waals surface area (Å²) in [5, 5.41) is 3.00. The van der Waals surface area contributed by atoms with E-state index < -0.39 is 5.82 Å². The van der Waals surface area contributed by atoms with Crippen molar-refractivity contribution < 1.29 is 13.9 Å². The maximum atomic E-state index is 13.6. The van der Waals surface area contributed by atoms with Gasteiger partial charge >= 0.3 is 0 Å². The summed E-state index contributed by atoms with van der Waals surface area (Å²) in [4.78, 5) is 16.1. The van der Waals surface area contributed by atoms with Crippen molar-refractivity contribution in [1.82, 2.24) is 4.98 Å². The highest BCUT2D eigenvalue weighted by atomic mass is 32.1. The monoisotopic (exact) mass is 330 g/mol. The van der Waals surface area contributed by atoms with E-state index in [1.54, 1.807) is 12.1 Å². The summed E-state index contributed by atoms with van der Waals surface area (Å²) in [5.41, 5.74) is 2.29. The Morgan fingerprint density at radius 2 is 2.13 bits per heavy atom. The van der Waals surface area contributed by atoms with Gasteiger partial charge in [0.05, 0.1) is 4.70 Å². The van der Waals surface area contributed by atoms with Crippen LogP contribution in [-0.4, -0.2) is 17.5 Å². The van der Waals surface area contributed by atoms with Crippen molar-refractivity contribution >= 4 is 32.6 Å². The van der Waals surface area contributed by atoms with E-state index in [4.69, 9.17) is 4.74 Å². The summed E-state index contributed by atoms with van der Waals surface area (Å²) >= 11 is 1.23. The van der Waals surface area contributed by atoms with Crippen LogP contribution >= 0.6 is 11.3 Å². The van der Waals surface area contributed by atoms with E-state index in [1.807, 2.05) is 32.0 Å². The van der Waals surface area contributed by atoms with Crippen LogP contribution in [0.2, 0.25) is 0 Å². The molecule has 0 radical (unpaired) electrons. The number of amides is 1. The average Bonchev–Trinajstić information content (AvgIpc) is 2.92. The number of carbonyl (C=O) groups is 1. The number of nitrogens with one attached hydrogen (secondary N) is 1. The van der Waals surface area contributed by atoms with E-state index in [-0.39, 0.29) is 18.0 Å². The minimum atomic E-state index is -0.397. The lowest BCUT2D eigenvalue weighted by atomic mass is 10.1. The van der Waals surface area contributed by atoms with Crippen LogP contribution in [0, 0.1) is 19.7 Å². The molecule has 0 aliphatic carbocycles. The van der Waals surface area contributed by atoms with Gasteiger partial charge in [-0.2, -0.15) is 0 Å². The second-order valence-corrected chi connectivity index (χ2v) is 6.24. The molecule has 1 heterocycles. The summed E-state index contributed by atoms with van der Waals surface area (Å²) in [6.45, 7) is 3.76. The summed E-state index contributed by atoms with van der Waals surface area (Å²) in [7, 11) is 0. The Kier molecular flexibility index (Phi) is 4.25. The Balaban J connectivity index is 1.66. The number of thiazole rings is 1. The van der Waals surface area contributed by atoms with Crippen molar-refractivity contribution in [3.63, 3.8) is 0 Å². The number of anilines is 1. The highest BCUT2D eigenvalue weighted by Gasteiger charge is 2.11. The molecule has 0 spiro atoms. The molecule has 0 bridgehead atoms. The summed E-state index contributed by atoms with van der Waals surface area (Å²) < 4.78 is 19.8. The average molecular weight is 330 g/mol. The lowest BCUT2D eigenvalue weighted by Crippen LogP contribution is -2.20. The minimum Gasteiger partial charge on any atom is -0.483 e. The second kappa shape index (κ2) is 6.34. The van der Waals surface area contributed by atoms with Crippen molar-refractivity contribution in [2.24, 2.45) is 0 Å². The third-order valence-corrected chi connectivity index (χ3v) is 4.25. The zero-order chi connectivity index (χ0) is 16.4. The molecular formula is C17H15FN2O2S. The van der Waals surface area contributed by atoms with Crippen molar-refractivity contribution in [1.29, 1.82) is 0 Å². The molecule has 0 aliphatic rings. The van der Waals surface area contributed by atoms with Crippen LogP contribution in [0.3, 0.4) is 0 Å². The molecule has 4 nitrogen and oxygen atoms in total. The molecule has 1 aromatic heterocycles. The van der Waals surface area contributed by atoms with Crippen molar-refractivity contribution in [3.05, 3.63) is 53.3 Å². The van der Waals surface area contributed by atoms with Gasteiger partial charge in [-0.25, -0.2) is 9.37 Å². The Labute approximate surface area is 136 Å². The fourth-order valence-corrected chi connectivity index (χ4v) is 3.03. The predicted octanol–water partition coefficient (Wildman–Crippen LogP) is 4.07. The predicted molar refractivity (Wildman–Crippen MR) is 89.6 cm³/mol. The normalized spacial score (nSPS) is 10.7. The van der Waals surface area contributed by atoms with E-state index in [0.717, 1.165) is 11.1 Å². The Morgan fingerprint density at radius 1 is 1.30 bits per heavy atom. The molecular weight excluding hydrogens is 315 g/mol. The third kappa shape index (κ3) is 3.48. The number of ether oxygens (including phenoxy) is 1. The van der Waals surface area contributed by atoms with Gasteiger partial charge in [-0.15, -0.1) is 0 Å². The molecule has 0 saturated carbocycles. The molecule has 3 aromatic rings. The van der Waals surface area contributed by atoms with E-state index in [1.165, 1.54) is 17.4 Å². The number of aryl methyl sites for hydroxylation is 2. The minimum absolute atomic E-state index is 0.122. The smallest absolute Gasteiger partial charge is 0.264 e. The van der Waals surface area contributed by atoms with Crippen molar-refractivity contribution in [3.8, 4) is 5.75 Å². The van der Waals surface area contributed by atoms with E-state index >= 15 is 0 Å². The number of carbonyl (C=O) groups excluding carboxylic acids is 1. The second-order valence-electron chi connectivity index (χ2n) is 5.21. The van der Waals surface area contributed by atoms with Gasteiger partial charge < -0.3 is 4.74 Å². The van der Waals surface area contributed by atoms with Crippen LogP contribution in [0.5, 0.6) is 5.75 Å². The number of para-hydroxylation sites is 1. The maximum absolute atomic E-state index is 13.6. The van der Waals surface area contributed by atoms with Gasteiger partial charge in [-0.05, 0) is 43.2 Å². The first kappa shape index (κ1) is 15.4. The third-order valence-electron chi connectivity index (χ3n) is 3.32. The number of halogens is 1. The number of rotatable bonds is 4. The van der Waals surface area contributed by atoms with Crippen molar-refractivity contribution in [2.75, 3.05) is 11.9 Å². The van der Waals surface area contributed by atoms with Gasteiger partial charge in [0.15, 0.2) is 11.7 Å². The molecule has 3 rings (SSSR count). The largest absolute Gasteiger partial charge is 0.483 e. The molecule has 0 unspecified atom stereocenters. The van der Waals surface area contributed by atoms with Crippen molar-refractivity contribution in [2.45, 2.75) is 13.8 Å². The molecule has 0 aliphatic heterocycles. The number of benzene rings is 2. The highest BCUT2D eigenvalue weighted by Crippen LogP contribution is 2.27. The van der Waals surface area contributed by atoms with Gasteiger partial charge in [0.25, 0.3) is 5.91 Å². The SMILES string of the molecule is Cc1ccc(C)c(OCC(=O)Nc2nc3c(F)cccc3s2)c1. The molecule has 0 fully saturated rings. The summed E-state index contributed by atoms with van der Waals surface area (Å²) in [6, 6.07) is 10.5. The van der Waals surface area contributed by atoms with E-state index in [0.29, 0.717) is 15.6 Å². The van der Waals surface area contributed by atoms with Gasteiger partial charge in [0.1, 0.15) is 17.1 Å². The molecule has 118 valence electrons. The quantitative estimate of drug-likeness (QED) is 0.784. The zero-order valence-electron chi connectivity index (χ0n) is 12.7. The topological polar surface area (TPSA) is 51.2 Å². The lowest BCUT2D eigenvalue weighted by molar-refractivity contribution is -0.118. The van der Waals surface area contributed by atoms with Crippen LogP contribution in [0.4, 0.5) is 9.52 Å². The van der Waals surface area contributed by atoms with Gasteiger partial charge in [-0.1, -0.05) is 29.5 Å². The van der Waals surface area contributed by atoms with Crippen LogP contribution in [-0.2, 0) is 4.79 Å². The first-order chi connectivity index (χ1) is 11.0. The zero-order valence-corrected chi connectivity index (χ0v) is 13.5. The Morgan fingerprint density at radius 3 is 2.91 bits per heavy atom. The number of hydrogen-bond acceptors (Lipinski definition) is 4. The lowest BCUT2D eigenvalue weighted by Gasteiger charge is -2.09. The number of hydrogen-bond donors (Lipinski definition) is 1. The fraction of sp³-hybridized carbons (Fsp3) is 0.176.